The van der Waals surface area contributed by atoms with Gasteiger partial charge >= 0.3 is 0 Å². The third-order valence-electron chi connectivity index (χ3n) is 4.98. The Morgan fingerprint density at radius 2 is 1.65 bits per heavy atom. The van der Waals surface area contributed by atoms with Gasteiger partial charge in [-0.3, -0.25) is 9.59 Å². The van der Waals surface area contributed by atoms with Gasteiger partial charge in [-0.25, -0.2) is 8.42 Å². The van der Waals surface area contributed by atoms with Gasteiger partial charge in [0.05, 0.1) is 3.79 Å². The van der Waals surface area contributed by atoms with E-state index in [2.05, 4.69) is 15.9 Å². The molecule has 7 nitrogen and oxygen atoms in total. The molecule has 1 aromatic rings. The van der Waals surface area contributed by atoms with Crippen LogP contribution in [0.25, 0.3) is 0 Å². The minimum atomic E-state index is -3.49. The Labute approximate surface area is 166 Å². The third kappa shape index (κ3) is 4.13. The summed E-state index contributed by atoms with van der Waals surface area (Å²) in [6.45, 7) is 4.25. The van der Waals surface area contributed by atoms with Crippen LogP contribution in [-0.4, -0.2) is 73.6 Å². The van der Waals surface area contributed by atoms with Crippen molar-refractivity contribution >= 4 is 49.1 Å². The molecule has 0 saturated carbocycles. The van der Waals surface area contributed by atoms with E-state index in [4.69, 9.17) is 0 Å². The van der Waals surface area contributed by atoms with Gasteiger partial charge in [-0.2, -0.15) is 4.31 Å². The minimum Gasteiger partial charge on any atom is -0.343 e. The van der Waals surface area contributed by atoms with Gasteiger partial charge in [0, 0.05) is 52.1 Å². The Balaban J connectivity index is 1.55. The molecule has 0 aromatic carbocycles. The van der Waals surface area contributed by atoms with Crippen LogP contribution in [0.15, 0.2) is 20.1 Å². The number of carbonyl (C=O) groups is 2. The van der Waals surface area contributed by atoms with Gasteiger partial charge in [0.1, 0.15) is 4.21 Å². The lowest BCUT2D eigenvalue weighted by atomic mass is 9.95. The van der Waals surface area contributed by atoms with Crippen LogP contribution in [0, 0.1) is 5.92 Å². The van der Waals surface area contributed by atoms with E-state index >= 15 is 0 Å². The van der Waals surface area contributed by atoms with Crippen molar-refractivity contribution in [3.63, 3.8) is 0 Å². The van der Waals surface area contributed by atoms with E-state index in [1.807, 2.05) is 0 Å². The molecule has 0 radical (unpaired) electrons. The largest absolute Gasteiger partial charge is 0.343 e. The molecular formula is C16H22BrN3O4S2. The van der Waals surface area contributed by atoms with Crippen LogP contribution >= 0.6 is 27.3 Å². The topological polar surface area (TPSA) is 78.0 Å². The lowest BCUT2D eigenvalue weighted by Crippen LogP contribution is -2.53. The summed E-state index contributed by atoms with van der Waals surface area (Å²) in [7, 11) is -3.49. The van der Waals surface area contributed by atoms with E-state index in [-0.39, 0.29) is 17.7 Å². The predicted molar refractivity (Wildman–Crippen MR) is 102 cm³/mol. The van der Waals surface area contributed by atoms with Gasteiger partial charge in [-0.1, -0.05) is 0 Å². The lowest BCUT2D eigenvalue weighted by Gasteiger charge is -2.37. The number of hydrogen-bond donors (Lipinski definition) is 0. The summed E-state index contributed by atoms with van der Waals surface area (Å²) < 4.78 is 27.9. The maximum absolute atomic E-state index is 12.7. The van der Waals surface area contributed by atoms with Crippen LogP contribution in [0.4, 0.5) is 0 Å². The fourth-order valence-corrected chi connectivity index (χ4v) is 7.00. The Bertz CT molecular complexity index is 779. The number of nitrogens with zero attached hydrogens (tertiary/aromatic N) is 3. The number of rotatable bonds is 3. The number of piperazine rings is 1. The SMILES string of the molecule is CC(=O)N1CCC(C(=O)N2CCN(S(=O)(=O)c3ccc(Br)s3)CC2)CC1. The second-order valence-corrected chi connectivity index (χ2v) is 11.2. The molecule has 3 rings (SSSR count). The van der Waals surface area contributed by atoms with E-state index in [1.54, 1.807) is 28.9 Å². The van der Waals surface area contributed by atoms with Gasteiger partial charge in [0.15, 0.2) is 0 Å². The zero-order valence-electron chi connectivity index (χ0n) is 14.6. The lowest BCUT2D eigenvalue weighted by molar-refractivity contribution is -0.141. The van der Waals surface area contributed by atoms with E-state index in [0.29, 0.717) is 56.3 Å². The van der Waals surface area contributed by atoms with E-state index in [1.165, 1.54) is 15.6 Å². The molecule has 2 aliphatic rings. The molecule has 2 fully saturated rings. The molecule has 2 amide bonds. The van der Waals surface area contributed by atoms with E-state index in [0.717, 1.165) is 3.79 Å². The number of halogens is 1. The van der Waals surface area contributed by atoms with Crippen LogP contribution in [0.1, 0.15) is 19.8 Å². The van der Waals surface area contributed by atoms with Crippen LogP contribution in [0.3, 0.4) is 0 Å². The third-order valence-corrected chi connectivity index (χ3v) is 8.97. The Morgan fingerprint density at radius 3 is 2.15 bits per heavy atom. The number of sulfonamides is 1. The summed E-state index contributed by atoms with van der Waals surface area (Å²) >= 11 is 4.49. The van der Waals surface area contributed by atoms with Gasteiger partial charge < -0.3 is 9.80 Å². The quantitative estimate of drug-likeness (QED) is 0.681. The molecular weight excluding hydrogens is 442 g/mol. The molecule has 2 saturated heterocycles. The van der Waals surface area contributed by atoms with Crippen molar-refractivity contribution in [2.45, 2.75) is 24.0 Å². The highest BCUT2D eigenvalue weighted by atomic mass is 79.9. The molecule has 2 aliphatic heterocycles. The maximum atomic E-state index is 12.7. The number of likely N-dealkylation sites (tertiary alicyclic amines) is 1. The fourth-order valence-electron chi connectivity index (χ4n) is 3.41. The second-order valence-electron chi connectivity index (χ2n) is 6.57. The first-order valence-corrected chi connectivity index (χ1v) is 11.6. The average Bonchev–Trinajstić information content (AvgIpc) is 3.08. The van der Waals surface area contributed by atoms with Crippen molar-refractivity contribution in [2.75, 3.05) is 39.3 Å². The van der Waals surface area contributed by atoms with Gasteiger partial charge in [0.25, 0.3) is 10.0 Å². The standard InChI is InChI=1S/C16H22BrN3O4S2/c1-12(21)18-6-4-13(5-7-18)16(22)19-8-10-20(11-9-19)26(23,24)15-3-2-14(17)25-15/h2-3,13H,4-11H2,1H3. The minimum absolute atomic E-state index is 0.0509. The molecule has 0 bridgehead atoms. The zero-order chi connectivity index (χ0) is 18.9. The molecule has 0 atom stereocenters. The average molecular weight is 464 g/mol. The summed E-state index contributed by atoms with van der Waals surface area (Å²) in [5.74, 6) is 0.0704. The second kappa shape index (κ2) is 7.95. The van der Waals surface area contributed by atoms with Crippen molar-refractivity contribution in [2.24, 2.45) is 5.92 Å². The Morgan fingerprint density at radius 1 is 1.04 bits per heavy atom. The first-order valence-electron chi connectivity index (χ1n) is 8.59. The van der Waals surface area contributed by atoms with E-state index in [9.17, 15) is 18.0 Å². The molecule has 144 valence electrons. The summed E-state index contributed by atoms with van der Waals surface area (Å²) in [5.41, 5.74) is 0. The summed E-state index contributed by atoms with van der Waals surface area (Å²) in [6, 6.07) is 3.33. The number of carbonyl (C=O) groups excluding carboxylic acids is 2. The summed E-state index contributed by atoms with van der Waals surface area (Å²) in [5, 5.41) is 0. The smallest absolute Gasteiger partial charge is 0.252 e. The van der Waals surface area contributed by atoms with Crippen molar-refractivity contribution in [3.8, 4) is 0 Å². The molecule has 0 spiro atoms. The van der Waals surface area contributed by atoms with E-state index < -0.39 is 10.0 Å². The van der Waals surface area contributed by atoms with Crippen molar-refractivity contribution in [1.29, 1.82) is 0 Å². The maximum Gasteiger partial charge on any atom is 0.252 e. The highest BCUT2D eigenvalue weighted by Gasteiger charge is 2.34. The van der Waals surface area contributed by atoms with Crippen LogP contribution < -0.4 is 0 Å². The summed E-state index contributed by atoms with van der Waals surface area (Å²) in [4.78, 5) is 27.6. The van der Waals surface area contributed by atoms with Crippen LogP contribution in [-0.2, 0) is 19.6 Å². The normalized spacial score (nSPS) is 20.4. The van der Waals surface area contributed by atoms with Gasteiger partial charge in [0.2, 0.25) is 11.8 Å². The first kappa shape index (κ1) is 19.8. The monoisotopic (exact) mass is 463 g/mol. The molecule has 1 aromatic heterocycles. The first-order chi connectivity index (χ1) is 12.3. The molecule has 10 heteroatoms. The molecule has 3 heterocycles. The van der Waals surface area contributed by atoms with Gasteiger partial charge in [-0.05, 0) is 40.9 Å². The number of amides is 2. The number of hydrogen-bond acceptors (Lipinski definition) is 5. The van der Waals surface area contributed by atoms with Crippen molar-refractivity contribution in [1.82, 2.24) is 14.1 Å². The number of thiophene rings is 1. The molecule has 26 heavy (non-hydrogen) atoms. The Kier molecular flexibility index (Phi) is 6.05. The molecule has 0 aliphatic carbocycles. The fraction of sp³-hybridized carbons (Fsp3) is 0.625. The van der Waals surface area contributed by atoms with Crippen molar-refractivity contribution in [3.05, 3.63) is 15.9 Å². The molecule has 0 N–H and O–H groups in total. The number of piperidine rings is 1. The van der Waals surface area contributed by atoms with Crippen LogP contribution in [0.2, 0.25) is 0 Å². The highest BCUT2D eigenvalue weighted by molar-refractivity contribution is 9.11. The molecule has 0 unspecified atom stereocenters. The Hall–Kier alpha value is -0.970. The van der Waals surface area contributed by atoms with Gasteiger partial charge in [-0.15, -0.1) is 11.3 Å². The highest BCUT2D eigenvalue weighted by Crippen LogP contribution is 2.29. The van der Waals surface area contributed by atoms with Crippen LogP contribution in [0.5, 0.6) is 0 Å². The van der Waals surface area contributed by atoms with Crippen molar-refractivity contribution < 1.29 is 18.0 Å². The summed E-state index contributed by atoms with van der Waals surface area (Å²) in [6.07, 6.45) is 1.36. The zero-order valence-corrected chi connectivity index (χ0v) is 17.8. The predicted octanol–water partition coefficient (Wildman–Crippen LogP) is 1.60.